The molecule has 2 aromatic carbocycles. The summed E-state index contributed by atoms with van der Waals surface area (Å²) in [5.41, 5.74) is 7.65. The number of nitrogens with one attached hydrogen (secondary N) is 2. The van der Waals surface area contributed by atoms with Gasteiger partial charge in [0.25, 0.3) is 11.8 Å². The molecule has 0 aliphatic heterocycles. The lowest BCUT2D eigenvalue weighted by atomic mass is 10.1. The van der Waals surface area contributed by atoms with Gasteiger partial charge < -0.3 is 9.47 Å². The van der Waals surface area contributed by atoms with Gasteiger partial charge in [-0.05, 0) is 87.4 Å². The zero-order chi connectivity index (χ0) is 27.5. The van der Waals surface area contributed by atoms with Crippen LogP contribution >= 0.6 is 11.8 Å². The Kier molecular flexibility index (Phi) is 11.0. The summed E-state index contributed by atoms with van der Waals surface area (Å²) in [7, 11) is 0. The lowest BCUT2D eigenvalue weighted by Gasteiger charge is -2.15. The number of carbonyl (C=O) groups is 4. The number of benzene rings is 2. The fourth-order valence-corrected chi connectivity index (χ4v) is 3.84. The minimum atomic E-state index is -0.553. The van der Waals surface area contributed by atoms with E-state index in [1.165, 1.54) is 25.6 Å². The van der Waals surface area contributed by atoms with Crippen LogP contribution in [0.25, 0.3) is 0 Å². The summed E-state index contributed by atoms with van der Waals surface area (Å²) in [5, 5.41) is 7.13. The highest BCUT2D eigenvalue weighted by Gasteiger charge is 2.21. The summed E-state index contributed by atoms with van der Waals surface area (Å²) in [6.07, 6.45) is 0. The van der Waals surface area contributed by atoms with Gasteiger partial charge in [0, 0.05) is 13.8 Å². The van der Waals surface area contributed by atoms with E-state index in [-0.39, 0.29) is 11.8 Å². The first-order valence-corrected chi connectivity index (χ1v) is 12.3. The van der Waals surface area contributed by atoms with E-state index in [2.05, 4.69) is 21.1 Å². The Morgan fingerprint density at radius 3 is 1.27 bits per heavy atom. The summed E-state index contributed by atoms with van der Waals surface area (Å²) in [6, 6.07) is 13.5. The molecule has 2 N–H and O–H groups in total. The smallest absolute Gasteiger partial charge is 0.308 e. The van der Waals surface area contributed by atoms with Gasteiger partial charge in [-0.2, -0.15) is 10.2 Å². The maximum Gasteiger partial charge on any atom is 0.308 e. The molecule has 2 atom stereocenters. The number of ether oxygens (including phenoxy) is 2. The highest BCUT2D eigenvalue weighted by molar-refractivity contribution is 8.01. The lowest BCUT2D eigenvalue weighted by Crippen LogP contribution is -2.33. The van der Waals surface area contributed by atoms with Crippen LogP contribution in [0.2, 0.25) is 0 Å². The van der Waals surface area contributed by atoms with E-state index in [0.29, 0.717) is 22.9 Å². The van der Waals surface area contributed by atoms with Crippen molar-refractivity contribution in [1.29, 1.82) is 0 Å². The average molecular weight is 527 g/mol. The normalized spacial score (nSPS) is 13.2. The highest BCUT2D eigenvalue weighted by atomic mass is 32.2. The van der Waals surface area contributed by atoms with E-state index in [0.717, 1.165) is 11.1 Å². The Morgan fingerprint density at radius 1 is 0.649 bits per heavy atom. The lowest BCUT2D eigenvalue weighted by molar-refractivity contribution is -0.132. The van der Waals surface area contributed by atoms with Crippen molar-refractivity contribution in [1.82, 2.24) is 10.9 Å². The van der Waals surface area contributed by atoms with Crippen molar-refractivity contribution in [3.05, 3.63) is 59.7 Å². The van der Waals surface area contributed by atoms with E-state index in [9.17, 15) is 19.2 Å². The quantitative estimate of drug-likeness (QED) is 0.210. The van der Waals surface area contributed by atoms with Crippen molar-refractivity contribution in [2.24, 2.45) is 10.2 Å². The SMILES string of the molecule is CC(=O)Oc1ccc(/C(C)=N/NC(=O)C(C)SC(C)C(=O)N/N=C(\C)c2ccc(OC(C)=O)cc2)cc1. The Labute approximate surface area is 219 Å². The molecule has 196 valence electrons. The Morgan fingerprint density at radius 2 is 0.973 bits per heavy atom. The van der Waals surface area contributed by atoms with Crippen molar-refractivity contribution < 1.29 is 28.7 Å². The molecule has 2 amide bonds. The second-order valence-electron chi connectivity index (χ2n) is 8.00. The standard InChI is InChI=1S/C26H30N4O6S/c1-15(21-7-11-23(12-8-21)35-19(5)31)27-29-25(33)17(3)37-18(4)26(34)30-28-16(2)22-9-13-24(14-10-22)36-20(6)32/h7-14,17-18H,1-6H3,(H,29,33)(H,30,34)/b27-15+,28-16+. The first-order valence-electron chi connectivity index (χ1n) is 11.4. The third-order valence-electron chi connectivity index (χ3n) is 4.88. The van der Waals surface area contributed by atoms with E-state index in [4.69, 9.17) is 9.47 Å². The minimum absolute atomic E-state index is 0.354. The highest BCUT2D eigenvalue weighted by Crippen LogP contribution is 2.18. The van der Waals surface area contributed by atoms with Gasteiger partial charge in [0.15, 0.2) is 0 Å². The second-order valence-corrected chi connectivity index (χ2v) is 9.69. The first kappa shape index (κ1) is 29.2. The number of hydrazone groups is 2. The van der Waals surface area contributed by atoms with Gasteiger partial charge in [-0.1, -0.05) is 0 Å². The van der Waals surface area contributed by atoms with E-state index < -0.39 is 22.4 Å². The van der Waals surface area contributed by atoms with Crippen molar-refractivity contribution in [3.8, 4) is 11.5 Å². The number of thioether (sulfide) groups is 1. The number of nitrogens with zero attached hydrogens (tertiary/aromatic N) is 2. The predicted octanol–water partition coefficient (Wildman–Crippen LogP) is 3.43. The molecule has 11 heteroatoms. The van der Waals surface area contributed by atoms with Crippen molar-refractivity contribution in [2.45, 2.75) is 52.0 Å². The summed E-state index contributed by atoms with van der Waals surface area (Å²) >= 11 is 1.17. The molecular formula is C26H30N4O6S. The first-order chi connectivity index (χ1) is 17.5. The zero-order valence-corrected chi connectivity index (χ0v) is 22.3. The second kappa shape index (κ2) is 13.9. The van der Waals surface area contributed by atoms with Crippen LogP contribution in [0.1, 0.15) is 52.7 Å². The van der Waals surface area contributed by atoms with Gasteiger partial charge in [0.2, 0.25) is 0 Å². The van der Waals surface area contributed by atoms with Crippen LogP contribution in [0.15, 0.2) is 58.7 Å². The number of hydrogen-bond donors (Lipinski definition) is 2. The molecule has 0 bridgehead atoms. The Bertz CT molecular complexity index is 1100. The maximum absolute atomic E-state index is 12.5. The minimum Gasteiger partial charge on any atom is -0.427 e. The summed E-state index contributed by atoms with van der Waals surface area (Å²) < 4.78 is 9.99. The van der Waals surface area contributed by atoms with Gasteiger partial charge in [-0.15, -0.1) is 11.8 Å². The van der Waals surface area contributed by atoms with Crippen molar-refractivity contribution >= 4 is 46.9 Å². The molecule has 0 saturated heterocycles. The number of amides is 2. The van der Waals surface area contributed by atoms with Crippen LogP contribution in [0.5, 0.6) is 11.5 Å². The molecule has 0 aromatic heterocycles. The molecule has 2 unspecified atom stereocenters. The summed E-state index contributed by atoms with van der Waals surface area (Å²) in [4.78, 5) is 47.0. The largest absolute Gasteiger partial charge is 0.427 e. The van der Waals surface area contributed by atoms with E-state index in [1.807, 2.05) is 0 Å². The summed E-state index contributed by atoms with van der Waals surface area (Å²) in [5.74, 6) is -0.687. The van der Waals surface area contributed by atoms with Crippen LogP contribution in [0.3, 0.4) is 0 Å². The molecule has 2 aromatic rings. The number of rotatable bonds is 10. The predicted molar refractivity (Wildman–Crippen MR) is 143 cm³/mol. The van der Waals surface area contributed by atoms with Gasteiger partial charge in [-0.3, -0.25) is 19.2 Å². The van der Waals surface area contributed by atoms with Crippen LogP contribution in [0, 0.1) is 0 Å². The van der Waals surface area contributed by atoms with Gasteiger partial charge in [-0.25, -0.2) is 10.9 Å². The zero-order valence-electron chi connectivity index (χ0n) is 21.5. The molecule has 0 heterocycles. The topological polar surface area (TPSA) is 136 Å². The molecule has 0 fully saturated rings. The number of esters is 2. The van der Waals surface area contributed by atoms with Crippen molar-refractivity contribution in [3.63, 3.8) is 0 Å². The molecule has 0 spiro atoms. The molecule has 37 heavy (non-hydrogen) atoms. The molecular weight excluding hydrogens is 496 g/mol. The Balaban J connectivity index is 1.86. The Hall–Kier alpha value is -3.99. The van der Waals surface area contributed by atoms with Crippen molar-refractivity contribution in [2.75, 3.05) is 0 Å². The van der Waals surface area contributed by atoms with E-state index in [1.54, 1.807) is 76.2 Å². The molecule has 0 saturated carbocycles. The third-order valence-corrected chi connectivity index (χ3v) is 6.13. The molecule has 0 aliphatic carbocycles. The fourth-order valence-electron chi connectivity index (χ4n) is 2.88. The monoisotopic (exact) mass is 526 g/mol. The van der Waals surface area contributed by atoms with E-state index >= 15 is 0 Å². The fraction of sp³-hybridized carbons (Fsp3) is 0.308. The molecule has 0 aliphatic rings. The van der Waals surface area contributed by atoms with Crippen LogP contribution in [-0.2, 0) is 19.2 Å². The van der Waals surface area contributed by atoms with Gasteiger partial charge >= 0.3 is 11.9 Å². The average Bonchev–Trinajstić information content (AvgIpc) is 2.85. The number of carbonyl (C=O) groups excluding carboxylic acids is 4. The maximum atomic E-state index is 12.5. The molecule has 2 rings (SSSR count). The van der Waals surface area contributed by atoms with Gasteiger partial charge in [0.05, 0.1) is 21.9 Å². The number of hydrogen-bond acceptors (Lipinski definition) is 9. The van der Waals surface area contributed by atoms with Crippen LogP contribution in [-0.4, -0.2) is 45.7 Å². The van der Waals surface area contributed by atoms with Crippen LogP contribution < -0.4 is 20.3 Å². The molecule has 10 nitrogen and oxygen atoms in total. The summed E-state index contributed by atoms with van der Waals surface area (Å²) in [6.45, 7) is 9.48. The molecule has 0 radical (unpaired) electrons. The van der Waals surface area contributed by atoms with Crippen LogP contribution in [0.4, 0.5) is 0 Å². The van der Waals surface area contributed by atoms with Gasteiger partial charge in [0.1, 0.15) is 11.5 Å². The third kappa shape index (κ3) is 9.88.